The molecule has 0 saturated carbocycles. The summed E-state index contributed by atoms with van der Waals surface area (Å²) in [5.74, 6) is 1.52. The molecule has 1 amide bonds. The summed E-state index contributed by atoms with van der Waals surface area (Å²) in [5.41, 5.74) is 5.98. The molecule has 0 fully saturated rings. The zero-order valence-corrected chi connectivity index (χ0v) is 21.6. The van der Waals surface area contributed by atoms with E-state index in [-0.39, 0.29) is 18.1 Å². The maximum absolute atomic E-state index is 12.2. The van der Waals surface area contributed by atoms with E-state index in [0.29, 0.717) is 11.7 Å². The summed E-state index contributed by atoms with van der Waals surface area (Å²) in [6.07, 6.45) is 3.80. The van der Waals surface area contributed by atoms with Gasteiger partial charge in [-0.1, -0.05) is 26.0 Å². The van der Waals surface area contributed by atoms with Gasteiger partial charge in [0.25, 0.3) is 5.91 Å². The summed E-state index contributed by atoms with van der Waals surface area (Å²) in [4.78, 5) is 14.6. The molecule has 1 N–H and O–H groups in total. The molecule has 1 heterocycles. The maximum Gasteiger partial charge on any atom is 0.277 e. The highest BCUT2D eigenvalue weighted by molar-refractivity contribution is 14.1. The van der Waals surface area contributed by atoms with Gasteiger partial charge >= 0.3 is 0 Å². The van der Waals surface area contributed by atoms with E-state index >= 15 is 0 Å². The Bertz CT molecular complexity index is 990. The van der Waals surface area contributed by atoms with Gasteiger partial charge in [-0.15, -0.1) is 0 Å². The van der Waals surface area contributed by atoms with Crippen LogP contribution in [0.5, 0.6) is 11.5 Å². The molecule has 0 spiro atoms. The highest BCUT2D eigenvalue weighted by Crippen LogP contribution is 2.45. The van der Waals surface area contributed by atoms with Crippen molar-refractivity contribution in [3.63, 3.8) is 0 Å². The zero-order valence-electron chi connectivity index (χ0n) is 19.4. The smallest absolute Gasteiger partial charge is 0.277 e. The van der Waals surface area contributed by atoms with Crippen LogP contribution in [0.25, 0.3) is 0 Å². The Hall–Kier alpha value is -2.29. The van der Waals surface area contributed by atoms with Gasteiger partial charge in [0.1, 0.15) is 11.5 Å². The number of halogens is 1. The van der Waals surface area contributed by atoms with Gasteiger partial charge in [-0.05, 0) is 79.0 Å². The Balaban J connectivity index is 1.74. The third-order valence-electron chi connectivity index (χ3n) is 5.77. The van der Waals surface area contributed by atoms with Crippen molar-refractivity contribution in [2.24, 2.45) is 5.10 Å². The number of nitrogens with one attached hydrogen (secondary N) is 1. The van der Waals surface area contributed by atoms with Crippen molar-refractivity contribution in [3.05, 3.63) is 51.1 Å². The molecule has 6 nitrogen and oxygen atoms in total. The van der Waals surface area contributed by atoms with Crippen LogP contribution in [0.1, 0.15) is 57.6 Å². The fraction of sp³-hybridized carbons (Fsp3) is 0.440. The second kappa shape index (κ2) is 10.6. The number of nitrogens with zero attached hydrogens (tertiary/aromatic N) is 2. The van der Waals surface area contributed by atoms with Crippen molar-refractivity contribution in [1.29, 1.82) is 0 Å². The van der Waals surface area contributed by atoms with Crippen LogP contribution in [0.3, 0.4) is 0 Å². The van der Waals surface area contributed by atoms with Crippen LogP contribution in [0, 0.1) is 3.57 Å². The molecule has 1 aliphatic rings. The average Bonchev–Trinajstić information content (AvgIpc) is 2.75. The highest BCUT2D eigenvalue weighted by atomic mass is 127. The van der Waals surface area contributed by atoms with Gasteiger partial charge < -0.3 is 14.4 Å². The summed E-state index contributed by atoms with van der Waals surface area (Å²) in [6.45, 7) is 9.98. The molecule has 0 aliphatic carbocycles. The first-order valence-electron chi connectivity index (χ1n) is 11.0. The molecule has 172 valence electrons. The minimum atomic E-state index is -0.318. The Morgan fingerprint density at radius 3 is 2.75 bits per heavy atom. The van der Waals surface area contributed by atoms with Gasteiger partial charge in [0.05, 0.1) is 16.9 Å². The van der Waals surface area contributed by atoms with Crippen LogP contribution < -0.4 is 19.8 Å². The average molecular weight is 549 g/mol. The number of hydrogen-bond acceptors (Lipinski definition) is 5. The molecule has 7 heteroatoms. The molecule has 0 radical (unpaired) electrons. The molecular weight excluding hydrogens is 517 g/mol. The van der Waals surface area contributed by atoms with E-state index in [2.05, 4.69) is 77.8 Å². The lowest BCUT2D eigenvalue weighted by atomic mass is 9.79. The first-order chi connectivity index (χ1) is 15.3. The molecule has 2 aromatic rings. The maximum atomic E-state index is 12.2. The van der Waals surface area contributed by atoms with Crippen molar-refractivity contribution in [3.8, 4) is 11.5 Å². The fourth-order valence-electron chi connectivity index (χ4n) is 4.36. The van der Waals surface area contributed by atoms with Gasteiger partial charge in [0.2, 0.25) is 0 Å². The van der Waals surface area contributed by atoms with Gasteiger partial charge in [0, 0.05) is 29.4 Å². The number of carbonyl (C=O) groups excluding carboxylic acids is 1. The first-order valence-corrected chi connectivity index (χ1v) is 12.0. The summed E-state index contributed by atoms with van der Waals surface area (Å²) in [7, 11) is 1.66. The van der Waals surface area contributed by atoms with Gasteiger partial charge in [-0.25, -0.2) is 5.43 Å². The summed E-state index contributed by atoms with van der Waals surface area (Å²) in [5, 5.41) is 4.14. The van der Waals surface area contributed by atoms with Crippen molar-refractivity contribution >= 4 is 40.4 Å². The number of ether oxygens (including phenoxy) is 2. The first kappa shape index (κ1) is 24.4. The lowest BCUT2D eigenvalue weighted by Crippen LogP contribution is -2.48. The molecule has 1 atom stereocenters. The molecule has 0 bridgehead atoms. The van der Waals surface area contributed by atoms with Crippen molar-refractivity contribution < 1.29 is 14.3 Å². The normalized spacial score (nSPS) is 17.2. The van der Waals surface area contributed by atoms with Crippen LogP contribution in [0.15, 0.2) is 41.5 Å². The van der Waals surface area contributed by atoms with E-state index in [1.54, 1.807) is 13.3 Å². The van der Waals surface area contributed by atoms with Crippen LogP contribution in [-0.2, 0) is 4.79 Å². The summed E-state index contributed by atoms with van der Waals surface area (Å²) >= 11 is 2.17. The van der Waals surface area contributed by atoms with Crippen molar-refractivity contribution in [2.75, 3.05) is 25.2 Å². The Morgan fingerprint density at radius 1 is 1.31 bits per heavy atom. The second-order valence-corrected chi connectivity index (χ2v) is 9.90. The Morgan fingerprint density at radius 2 is 2.06 bits per heavy atom. The third kappa shape index (κ3) is 5.54. The number of amides is 1. The van der Waals surface area contributed by atoms with Crippen LogP contribution >= 0.6 is 22.6 Å². The van der Waals surface area contributed by atoms with E-state index in [4.69, 9.17) is 9.47 Å². The van der Waals surface area contributed by atoms with E-state index in [0.717, 1.165) is 34.3 Å². The quantitative estimate of drug-likeness (QED) is 0.275. The van der Waals surface area contributed by atoms with Gasteiger partial charge in [0.15, 0.2) is 6.61 Å². The molecule has 1 unspecified atom stereocenters. The molecule has 32 heavy (non-hydrogen) atoms. The second-order valence-electron chi connectivity index (χ2n) is 8.73. The van der Waals surface area contributed by atoms with Crippen molar-refractivity contribution in [2.45, 2.75) is 52.0 Å². The predicted molar refractivity (Wildman–Crippen MR) is 138 cm³/mol. The summed E-state index contributed by atoms with van der Waals surface area (Å²) < 4.78 is 12.2. The van der Waals surface area contributed by atoms with E-state index in [1.165, 1.54) is 11.3 Å². The molecular formula is C25H32IN3O3. The number of methoxy groups -OCH3 is 1. The Kier molecular flexibility index (Phi) is 8.03. The minimum absolute atomic E-state index is 0.0909. The molecule has 0 aromatic heterocycles. The number of hydrazone groups is 1. The van der Waals surface area contributed by atoms with Gasteiger partial charge in [-0.3, -0.25) is 4.79 Å². The monoisotopic (exact) mass is 549 g/mol. The number of rotatable bonds is 8. The lowest BCUT2D eigenvalue weighted by Gasteiger charge is -2.47. The van der Waals surface area contributed by atoms with E-state index in [1.807, 2.05) is 24.3 Å². The molecule has 1 aliphatic heterocycles. The molecule has 0 saturated heterocycles. The number of hydrogen-bond donors (Lipinski definition) is 1. The predicted octanol–water partition coefficient (Wildman–Crippen LogP) is 5.33. The minimum Gasteiger partial charge on any atom is -0.496 e. The van der Waals surface area contributed by atoms with E-state index < -0.39 is 0 Å². The topological polar surface area (TPSA) is 63.2 Å². The van der Waals surface area contributed by atoms with Gasteiger partial charge in [-0.2, -0.15) is 5.10 Å². The number of fused-ring (bicyclic) bond motifs is 1. The zero-order chi connectivity index (χ0) is 23.3. The molecule has 2 aromatic carbocycles. The van der Waals surface area contributed by atoms with Crippen LogP contribution in [0.4, 0.5) is 5.69 Å². The van der Waals surface area contributed by atoms with Crippen molar-refractivity contribution in [1.82, 2.24) is 5.43 Å². The third-order valence-corrected chi connectivity index (χ3v) is 6.66. The number of anilines is 1. The number of para-hydroxylation sites is 1. The largest absolute Gasteiger partial charge is 0.496 e. The molecule has 3 rings (SSSR count). The Labute approximate surface area is 204 Å². The number of benzene rings is 2. The van der Waals surface area contributed by atoms with E-state index in [9.17, 15) is 4.79 Å². The van der Waals surface area contributed by atoms with Crippen LogP contribution in [-0.4, -0.2) is 37.9 Å². The SMILES string of the molecule is CCCN1c2cc(OC)c(/C=N/NC(=O)COc3ccccc3I)cc2C(C)CC1(C)C. The standard InChI is InChI=1S/C25H32IN3O3/c1-6-11-29-21-13-23(31-5)18(12-19(21)17(2)14-25(29,3)4)15-27-28-24(30)16-32-22-10-8-7-9-20(22)26/h7-10,12-13,15,17H,6,11,14,16H2,1-5H3,(H,28,30)/b27-15+. The fourth-order valence-corrected chi connectivity index (χ4v) is 4.91. The number of carbonyl (C=O) groups is 1. The summed E-state index contributed by atoms with van der Waals surface area (Å²) in [6, 6.07) is 11.8. The highest BCUT2D eigenvalue weighted by Gasteiger charge is 2.36. The van der Waals surface area contributed by atoms with Crippen LogP contribution in [0.2, 0.25) is 0 Å². The lowest BCUT2D eigenvalue weighted by molar-refractivity contribution is -0.123.